The monoisotopic (exact) mass is 810 g/mol. The maximum Gasteiger partial charge on any atom is 0.170 e. The van der Waals surface area contributed by atoms with Crippen LogP contribution in [0.25, 0.3) is 136 Å². The van der Waals surface area contributed by atoms with Crippen LogP contribution in [-0.2, 0) is 0 Å². The van der Waals surface area contributed by atoms with Crippen LogP contribution < -0.4 is 0 Å². The van der Waals surface area contributed by atoms with Crippen molar-refractivity contribution in [3.8, 4) is 39.9 Å². The van der Waals surface area contributed by atoms with Gasteiger partial charge in [-0.25, -0.2) is 15.0 Å². The van der Waals surface area contributed by atoms with Crippen LogP contribution in [0, 0.1) is 0 Å². The van der Waals surface area contributed by atoms with Gasteiger partial charge in [0.15, 0.2) is 17.5 Å². The van der Waals surface area contributed by atoms with E-state index in [9.17, 15) is 0 Å². The lowest BCUT2D eigenvalue weighted by atomic mass is 10.0. The standard InChI is InChI=1S/C55H30N4O2S/c1-2-14-32-30-45-42(29-31(32)13-1)33-15-3-7-23-43(33)59(45)44-28-27-38-35-17-5-9-25-47(35)61-51(38)49(44)55-57-53(40-21-11-19-37-34-16-4-8-24-46(34)60-50(37)40)56-54(58-55)41-22-12-20-39-36-18-6-10-26-48(36)62-52(39)41/h1-30H. The molecule has 14 aromatic rings. The van der Waals surface area contributed by atoms with Crippen molar-refractivity contribution in [2.24, 2.45) is 0 Å². The number of nitrogens with zero attached hydrogens (tertiary/aromatic N) is 4. The molecule has 0 N–H and O–H groups in total. The van der Waals surface area contributed by atoms with Gasteiger partial charge >= 0.3 is 0 Å². The molecule has 0 bridgehead atoms. The fraction of sp³-hybridized carbons (Fsp3) is 0. The van der Waals surface area contributed by atoms with E-state index >= 15 is 0 Å². The summed E-state index contributed by atoms with van der Waals surface area (Å²) < 4.78 is 18.3. The minimum atomic E-state index is 0.502. The van der Waals surface area contributed by atoms with E-state index in [0.717, 1.165) is 87.2 Å². The van der Waals surface area contributed by atoms with Crippen LogP contribution in [0.1, 0.15) is 0 Å². The van der Waals surface area contributed by atoms with Gasteiger partial charge in [0.25, 0.3) is 0 Å². The van der Waals surface area contributed by atoms with Gasteiger partial charge in [0.1, 0.15) is 22.3 Å². The van der Waals surface area contributed by atoms with Gasteiger partial charge in [-0.3, -0.25) is 0 Å². The number of hydrogen-bond acceptors (Lipinski definition) is 6. The van der Waals surface area contributed by atoms with Crippen LogP contribution in [0.5, 0.6) is 0 Å². The van der Waals surface area contributed by atoms with E-state index in [1.54, 1.807) is 11.3 Å². The zero-order chi connectivity index (χ0) is 40.5. The Balaban J connectivity index is 1.14. The third-order valence-corrected chi connectivity index (χ3v) is 13.7. The van der Waals surface area contributed by atoms with E-state index in [0.29, 0.717) is 23.1 Å². The molecule has 288 valence electrons. The SMILES string of the molecule is c1ccc2cc3c(cc2c1)c1ccccc1n3-c1ccc2c(oc3ccccc32)c1-c1nc(-c2cccc3c2oc2ccccc23)nc(-c2cccc3c2sc2ccccc23)n1. The van der Waals surface area contributed by atoms with E-state index in [4.69, 9.17) is 23.8 Å². The summed E-state index contributed by atoms with van der Waals surface area (Å²) in [6.07, 6.45) is 0. The van der Waals surface area contributed by atoms with Crippen LogP contribution in [-0.4, -0.2) is 19.5 Å². The Bertz CT molecular complexity index is 4060. The van der Waals surface area contributed by atoms with Crippen LogP contribution in [0.2, 0.25) is 0 Å². The van der Waals surface area contributed by atoms with Crippen LogP contribution in [0.3, 0.4) is 0 Å². The maximum absolute atomic E-state index is 6.95. The Kier molecular flexibility index (Phi) is 6.89. The van der Waals surface area contributed by atoms with E-state index in [1.165, 1.54) is 26.2 Å². The van der Waals surface area contributed by atoms with E-state index in [1.807, 2.05) is 36.4 Å². The molecule has 0 saturated heterocycles. The molecule has 5 aromatic heterocycles. The first kappa shape index (κ1) is 33.7. The van der Waals surface area contributed by atoms with Crippen molar-refractivity contribution in [1.82, 2.24) is 19.5 Å². The molecule has 0 fully saturated rings. The zero-order valence-corrected chi connectivity index (χ0v) is 33.7. The first-order valence-electron chi connectivity index (χ1n) is 20.7. The fourth-order valence-electron chi connectivity index (χ4n) is 9.67. The van der Waals surface area contributed by atoms with Crippen molar-refractivity contribution in [3.05, 3.63) is 182 Å². The number of benzene rings is 9. The van der Waals surface area contributed by atoms with Crippen molar-refractivity contribution in [1.29, 1.82) is 0 Å². The van der Waals surface area contributed by atoms with Crippen LogP contribution in [0.15, 0.2) is 191 Å². The van der Waals surface area contributed by atoms with E-state index < -0.39 is 0 Å². The van der Waals surface area contributed by atoms with E-state index in [-0.39, 0.29) is 0 Å². The van der Waals surface area contributed by atoms with Crippen molar-refractivity contribution in [3.63, 3.8) is 0 Å². The first-order valence-corrected chi connectivity index (χ1v) is 21.5. The lowest BCUT2D eigenvalue weighted by Gasteiger charge is -2.15. The minimum Gasteiger partial charge on any atom is -0.455 e. The predicted octanol–water partition coefficient (Wildman–Crippen LogP) is 15.3. The molecule has 14 rings (SSSR count). The van der Waals surface area contributed by atoms with Gasteiger partial charge in [-0.2, -0.15) is 0 Å². The number of aromatic nitrogens is 4. The highest BCUT2D eigenvalue weighted by Crippen LogP contribution is 2.45. The summed E-state index contributed by atoms with van der Waals surface area (Å²) in [5.74, 6) is 1.59. The largest absolute Gasteiger partial charge is 0.455 e. The van der Waals surface area contributed by atoms with Crippen molar-refractivity contribution < 1.29 is 8.83 Å². The zero-order valence-electron chi connectivity index (χ0n) is 32.8. The number of hydrogen-bond donors (Lipinski definition) is 0. The molecule has 5 heterocycles. The van der Waals surface area contributed by atoms with Gasteiger partial charge in [0, 0.05) is 58.1 Å². The van der Waals surface area contributed by atoms with Crippen molar-refractivity contribution >= 4 is 108 Å². The molecule has 0 aliphatic heterocycles. The van der Waals surface area contributed by atoms with Gasteiger partial charge in [0.05, 0.1) is 27.8 Å². The van der Waals surface area contributed by atoms with Crippen LogP contribution >= 0.6 is 11.3 Å². The number of rotatable bonds is 4. The Labute approximate surface area is 356 Å². The highest BCUT2D eigenvalue weighted by atomic mass is 32.1. The average molecular weight is 811 g/mol. The summed E-state index contributed by atoms with van der Waals surface area (Å²) in [6, 6.07) is 63.7. The molecular weight excluding hydrogens is 781 g/mol. The first-order chi connectivity index (χ1) is 30.7. The molecule has 0 radical (unpaired) electrons. The van der Waals surface area contributed by atoms with Gasteiger partial charge in [0.2, 0.25) is 0 Å². The number of para-hydroxylation sites is 4. The molecule has 7 heteroatoms. The van der Waals surface area contributed by atoms with Gasteiger partial charge in [-0.1, -0.05) is 121 Å². The van der Waals surface area contributed by atoms with Gasteiger partial charge in [-0.05, 0) is 71.4 Å². The molecule has 0 aliphatic rings. The highest BCUT2D eigenvalue weighted by molar-refractivity contribution is 7.26. The normalized spacial score (nSPS) is 12.2. The van der Waals surface area contributed by atoms with Crippen molar-refractivity contribution in [2.75, 3.05) is 0 Å². The molecule has 0 amide bonds. The number of thiophene rings is 1. The summed E-state index contributed by atoms with van der Waals surface area (Å²) in [6.45, 7) is 0. The molecule has 0 aliphatic carbocycles. The second kappa shape index (κ2) is 12.7. The average Bonchev–Trinajstić information content (AvgIpc) is 4.09. The Morgan fingerprint density at radius 2 is 0.968 bits per heavy atom. The number of fused-ring (bicyclic) bond motifs is 13. The summed E-state index contributed by atoms with van der Waals surface area (Å²) in [5.41, 5.74) is 8.61. The molecular formula is C55H30N4O2S. The Hall–Kier alpha value is -8.13. The van der Waals surface area contributed by atoms with Gasteiger partial charge in [-0.15, -0.1) is 11.3 Å². The number of furan rings is 2. The Morgan fingerprint density at radius 3 is 1.77 bits per heavy atom. The lowest BCUT2D eigenvalue weighted by molar-refractivity contribution is 0.669. The third kappa shape index (κ3) is 4.76. The molecule has 9 aromatic carbocycles. The molecule has 0 unspecified atom stereocenters. The second-order valence-corrected chi connectivity index (χ2v) is 16.9. The highest BCUT2D eigenvalue weighted by Gasteiger charge is 2.26. The smallest absolute Gasteiger partial charge is 0.170 e. The van der Waals surface area contributed by atoms with Crippen molar-refractivity contribution in [2.45, 2.75) is 0 Å². The summed E-state index contributed by atoms with van der Waals surface area (Å²) in [7, 11) is 0. The predicted molar refractivity (Wildman–Crippen MR) is 255 cm³/mol. The van der Waals surface area contributed by atoms with Crippen LogP contribution in [0.4, 0.5) is 0 Å². The second-order valence-electron chi connectivity index (χ2n) is 15.9. The molecule has 0 atom stereocenters. The molecule has 0 saturated carbocycles. The fourth-order valence-corrected chi connectivity index (χ4v) is 10.9. The quantitative estimate of drug-likeness (QED) is 0.177. The topological polar surface area (TPSA) is 69.9 Å². The summed E-state index contributed by atoms with van der Waals surface area (Å²) in [4.78, 5) is 16.4. The summed E-state index contributed by atoms with van der Waals surface area (Å²) in [5, 5.41) is 11.1. The minimum absolute atomic E-state index is 0.502. The molecule has 0 spiro atoms. The summed E-state index contributed by atoms with van der Waals surface area (Å²) >= 11 is 1.76. The van der Waals surface area contributed by atoms with E-state index in [2.05, 4.69) is 150 Å². The lowest BCUT2D eigenvalue weighted by Crippen LogP contribution is -2.04. The maximum atomic E-state index is 6.95. The van der Waals surface area contributed by atoms with Gasteiger partial charge < -0.3 is 13.4 Å². The Morgan fingerprint density at radius 1 is 0.387 bits per heavy atom. The third-order valence-electron chi connectivity index (χ3n) is 12.5. The molecule has 62 heavy (non-hydrogen) atoms. The molecule has 6 nitrogen and oxygen atoms in total.